The van der Waals surface area contributed by atoms with Crippen LogP contribution >= 0.6 is 0 Å². The number of likely N-dealkylation sites (tertiary alicyclic amines) is 1. The first kappa shape index (κ1) is 11.9. The second kappa shape index (κ2) is 6.24. The minimum Gasteiger partial charge on any atom is -0.446 e. The first-order valence-electron chi connectivity index (χ1n) is 6.80. The molecular formula is C13H23NO2. The van der Waals surface area contributed by atoms with Crippen molar-refractivity contribution in [2.45, 2.75) is 64.0 Å². The molecule has 2 aliphatic rings. The van der Waals surface area contributed by atoms with Gasteiger partial charge in [-0.05, 0) is 32.1 Å². The van der Waals surface area contributed by atoms with Gasteiger partial charge in [0.25, 0.3) is 0 Å². The lowest BCUT2D eigenvalue weighted by atomic mass is 10.1. The van der Waals surface area contributed by atoms with Gasteiger partial charge >= 0.3 is 5.97 Å². The minimum atomic E-state index is 0.0128. The summed E-state index contributed by atoms with van der Waals surface area (Å²) < 4.78 is 5.60. The quantitative estimate of drug-likeness (QED) is 0.643. The Kier molecular flexibility index (Phi) is 4.64. The van der Waals surface area contributed by atoms with Gasteiger partial charge in [0.15, 0.2) is 6.23 Å². The Balaban J connectivity index is 1.88. The van der Waals surface area contributed by atoms with Crippen molar-refractivity contribution in [1.29, 1.82) is 0 Å². The van der Waals surface area contributed by atoms with Crippen molar-refractivity contribution < 1.29 is 9.53 Å². The van der Waals surface area contributed by atoms with Crippen molar-refractivity contribution in [3.63, 3.8) is 0 Å². The Morgan fingerprint density at radius 1 is 0.938 bits per heavy atom. The topological polar surface area (TPSA) is 29.5 Å². The van der Waals surface area contributed by atoms with E-state index in [9.17, 15) is 4.79 Å². The average molecular weight is 225 g/mol. The fourth-order valence-corrected chi connectivity index (χ4v) is 2.67. The van der Waals surface area contributed by atoms with Gasteiger partial charge in [-0.3, -0.25) is 9.69 Å². The van der Waals surface area contributed by atoms with Crippen LogP contribution in [0.3, 0.4) is 0 Å². The second-order valence-electron chi connectivity index (χ2n) is 4.99. The third-order valence-electron chi connectivity index (χ3n) is 3.65. The number of cyclic esters (lactones) is 1. The fourth-order valence-electron chi connectivity index (χ4n) is 2.67. The Morgan fingerprint density at radius 3 is 2.44 bits per heavy atom. The number of rotatable bonds is 1. The highest BCUT2D eigenvalue weighted by Crippen LogP contribution is 2.20. The van der Waals surface area contributed by atoms with Gasteiger partial charge < -0.3 is 4.74 Å². The molecule has 0 N–H and O–H groups in total. The molecule has 3 heteroatoms. The van der Waals surface area contributed by atoms with Gasteiger partial charge in [0.05, 0.1) is 0 Å². The van der Waals surface area contributed by atoms with Crippen LogP contribution in [0.4, 0.5) is 0 Å². The number of hydrogen-bond donors (Lipinski definition) is 0. The Labute approximate surface area is 98.1 Å². The molecular weight excluding hydrogens is 202 g/mol. The van der Waals surface area contributed by atoms with Crippen molar-refractivity contribution >= 4 is 5.97 Å². The van der Waals surface area contributed by atoms with Crippen LogP contribution in [0.5, 0.6) is 0 Å². The van der Waals surface area contributed by atoms with Crippen LogP contribution in [0.2, 0.25) is 0 Å². The van der Waals surface area contributed by atoms with Crippen molar-refractivity contribution in [1.82, 2.24) is 4.90 Å². The minimum absolute atomic E-state index is 0.0128. The maximum atomic E-state index is 11.6. The van der Waals surface area contributed by atoms with Gasteiger partial charge in [0, 0.05) is 19.5 Å². The molecule has 3 nitrogen and oxygen atoms in total. The van der Waals surface area contributed by atoms with Gasteiger partial charge in [-0.25, -0.2) is 0 Å². The van der Waals surface area contributed by atoms with Gasteiger partial charge in [0.2, 0.25) is 0 Å². The lowest BCUT2D eigenvalue weighted by Crippen LogP contribution is -2.36. The fraction of sp³-hybridized carbons (Fsp3) is 0.923. The molecule has 2 heterocycles. The largest absolute Gasteiger partial charge is 0.446 e. The molecule has 0 saturated carbocycles. The van der Waals surface area contributed by atoms with E-state index in [2.05, 4.69) is 4.90 Å². The summed E-state index contributed by atoms with van der Waals surface area (Å²) in [6.45, 7) is 2.22. The zero-order valence-corrected chi connectivity index (χ0v) is 10.1. The molecule has 0 radical (unpaired) electrons. The summed E-state index contributed by atoms with van der Waals surface area (Å²) in [6, 6.07) is 0. The molecule has 2 rings (SSSR count). The van der Waals surface area contributed by atoms with Crippen LogP contribution in [-0.4, -0.2) is 30.2 Å². The predicted octanol–water partition coefficient (Wildman–Crippen LogP) is 2.70. The van der Waals surface area contributed by atoms with Crippen LogP contribution < -0.4 is 0 Å². The monoisotopic (exact) mass is 225 g/mol. The van der Waals surface area contributed by atoms with Crippen LogP contribution in [0.15, 0.2) is 0 Å². The summed E-state index contributed by atoms with van der Waals surface area (Å²) in [5.41, 5.74) is 0. The van der Waals surface area contributed by atoms with Crippen molar-refractivity contribution in [3.05, 3.63) is 0 Å². The molecule has 2 saturated heterocycles. The van der Waals surface area contributed by atoms with E-state index in [0.717, 1.165) is 25.9 Å². The summed E-state index contributed by atoms with van der Waals surface area (Å²) in [7, 11) is 0. The van der Waals surface area contributed by atoms with E-state index in [1.165, 1.54) is 38.5 Å². The normalized spacial score (nSPS) is 30.0. The number of ether oxygens (including phenoxy) is 1. The molecule has 0 aromatic heterocycles. The summed E-state index contributed by atoms with van der Waals surface area (Å²) in [4.78, 5) is 14.0. The Hall–Kier alpha value is -0.570. The van der Waals surface area contributed by atoms with Gasteiger partial charge in [-0.2, -0.15) is 0 Å². The lowest BCUT2D eigenvalue weighted by Gasteiger charge is -2.27. The predicted molar refractivity (Wildman–Crippen MR) is 63.0 cm³/mol. The molecule has 1 atom stereocenters. The highest BCUT2D eigenvalue weighted by Gasteiger charge is 2.24. The molecule has 16 heavy (non-hydrogen) atoms. The first-order valence-corrected chi connectivity index (χ1v) is 6.80. The number of nitrogens with zero attached hydrogens (tertiary/aromatic N) is 1. The average Bonchev–Trinajstić information content (AvgIpc) is 2.80. The maximum Gasteiger partial charge on any atom is 0.307 e. The zero-order valence-electron chi connectivity index (χ0n) is 10.1. The van der Waals surface area contributed by atoms with E-state index >= 15 is 0 Å². The van der Waals surface area contributed by atoms with Crippen LogP contribution in [-0.2, 0) is 9.53 Å². The van der Waals surface area contributed by atoms with Crippen LogP contribution in [0.25, 0.3) is 0 Å². The summed E-state index contributed by atoms with van der Waals surface area (Å²) in [5, 5.41) is 0. The lowest BCUT2D eigenvalue weighted by molar-refractivity contribution is -0.159. The molecule has 0 aromatic rings. The van der Waals surface area contributed by atoms with E-state index in [-0.39, 0.29) is 12.2 Å². The SMILES string of the molecule is O=C1CCCCCCC[C@H](N2CCCC2)O1. The maximum absolute atomic E-state index is 11.6. The first-order chi connectivity index (χ1) is 7.86. The number of carbonyl (C=O) groups excluding carboxylic acids is 1. The van der Waals surface area contributed by atoms with Gasteiger partial charge in [-0.1, -0.05) is 19.3 Å². The molecule has 0 spiro atoms. The molecule has 0 bridgehead atoms. The van der Waals surface area contributed by atoms with Gasteiger partial charge in [0.1, 0.15) is 0 Å². The van der Waals surface area contributed by atoms with E-state index in [4.69, 9.17) is 4.74 Å². The standard InChI is InChI=1S/C13H23NO2/c15-13-9-5-3-1-2-4-8-12(16-13)14-10-6-7-11-14/h12H,1-11H2/t12-/m1/s1. The van der Waals surface area contributed by atoms with E-state index in [1.54, 1.807) is 0 Å². The summed E-state index contributed by atoms with van der Waals surface area (Å²) in [5.74, 6) is 0.0128. The van der Waals surface area contributed by atoms with Crippen molar-refractivity contribution in [2.24, 2.45) is 0 Å². The van der Waals surface area contributed by atoms with Crippen molar-refractivity contribution in [2.75, 3.05) is 13.1 Å². The molecule has 92 valence electrons. The Morgan fingerprint density at radius 2 is 1.62 bits per heavy atom. The number of esters is 1. The second-order valence-corrected chi connectivity index (χ2v) is 4.99. The van der Waals surface area contributed by atoms with Crippen LogP contribution in [0.1, 0.15) is 57.8 Å². The number of carbonyl (C=O) groups is 1. The third kappa shape index (κ3) is 3.48. The van der Waals surface area contributed by atoms with E-state index < -0.39 is 0 Å². The molecule has 0 amide bonds. The van der Waals surface area contributed by atoms with E-state index in [1.807, 2.05) is 0 Å². The van der Waals surface area contributed by atoms with Gasteiger partial charge in [-0.15, -0.1) is 0 Å². The highest BCUT2D eigenvalue weighted by atomic mass is 16.6. The smallest absolute Gasteiger partial charge is 0.307 e. The molecule has 0 aromatic carbocycles. The van der Waals surface area contributed by atoms with E-state index in [0.29, 0.717) is 6.42 Å². The molecule has 2 aliphatic heterocycles. The highest BCUT2D eigenvalue weighted by molar-refractivity contribution is 5.69. The summed E-state index contributed by atoms with van der Waals surface area (Å²) in [6.07, 6.45) is 10.2. The van der Waals surface area contributed by atoms with Crippen LogP contribution in [0, 0.1) is 0 Å². The molecule has 2 fully saturated rings. The Bertz CT molecular complexity index is 224. The summed E-state index contributed by atoms with van der Waals surface area (Å²) >= 11 is 0. The zero-order chi connectivity index (χ0) is 11.2. The molecule has 0 aliphatic carbocycles. The third-order valence-corrected chi connectivity index (χ3v) is 3.65. The molecule has 0 unspecified atom stereocenters. The van der Waals surface area contributed by atoms with Crippen molar-refractivity contribution in [3.8, 4) is 0 Å². The number of hydrogen-bond acceptors (Lipinski definition) is 3.